The van der Waals surface area contributed by atoms with Crippen LogP contribution < -0.4 is 10.1 Å². The van der Waals surface area contributed by atoms with E-state index in [1.165, 1.54) is 0 Å². The molecule has 0 spiro atoms. The molecule has 0 saturated carbocycles. The first-order valence-electron chi connectivity index (χ1n) is 7.01. The Morgan fingerprint density at radius 1 is 1.29 bits per heavy atom. The SMILES string of the molecule is COc1cccc2cc(C(C)NC(C)c3ncc[nH]3)oc12. The molecule has 2 unspecified atom stereocenters. The van der Waals surface area contributed by atoms with Crippen molar-refractivity contribution in [3.63, 3.8) is 0 Å². The van der Waals surface area contributed by atoms with Gasteiger partial charge in [0.05, 0.1) is 19.2 Å². The molecule has 0 aliphatic carbocycles. The van der Waals surface area contributed by atoms with Crippen molar-refractivity contribution in [2.45, 2.75) is 25.9 Å². The summed E-state index contributed by atoms with van der Waals surface area (Å²) in [7, 11) is 1.65. The van der Waals surface area contributed by atoms with Crippen LogP contribution >= 0.6 is 0 Å². The number of hydrogen-bond donors (Lipinski definition) is 2. The average molecular weight is 285 g/mol. The van der Waals surface area contributed by atoms with Gasteiger partial charge < -0.3 is 14.1 Å². The number of hydrogen-bond acceptors (Lipinski definition) is 4. The maximum Gasteiger partial charge on any atom is 0.176 e. The number of imidazole rings is 1. The topological polar surface area (TPSA) is 63.1 Å². The molecule has 1 aromatic carbocycles. The van der Waals surface area contributed by atoms with E-state index in [0.29, 0.717) is 0 Å². The van der Waals surface area contributed by atoms with Crippen LogP contribution in [0.15, 0.2) is 41.1 Å². The van der Waals surface area contributed by atoms with Crippen molar-refractivity contribution in [1.29, 1.82) is 0 Å². The van der Waals surface area contributed by atoms with Crippen LogP contribution in [0.2, 0.25) is 0 Å². The van der Waals surface area contributed by atoms with Crippen molar-refractivity contribution in [2.75, 3.05) is 7.11 Å². The number of para-hydroxylation sites is 1. The molecule has 5 nitrogen and oxygen atoms in total. The second kappa shape index (κ2) is 5.61. The van der Waals surface area contributed by atoms with Gasteiger partial charge in [-0.25, -0.2) is 4.98 Å². The van der Waals surface area contributed by atoms with Crippen LogP contribution in [-0.2, 0) is 0 Å². The Bertz CT molecular complexity index is 718. The summed E-state index contributed by atoms with van der Waals surface area (Å²) in [6, 6.07) is 8.12. The van der Waals surface area contributed by atoms with Gasteiger partial charge in [-0.3, -0.25) is 5.32 Å². The number of H-pyrrole nitrogens is 1. The van der Waals surface area contributed by atoms with E-state index in [1.54, 1.807) is 13.3 Å². The molecule has 2 heterocycles. The molecule has 0 fully saturated rings. The van der Waals surface area contributed by atoms with Gasteiger partial charge in [-0.2, -0.15) is 0 Å². The average Bonchev–Trinajstić information content (AvgIpc) is 3.15. The first kappa shape index (κ1) is 13.7. The van der Waals surface area contributed by atoms with Crippen molar-refractivity contribution in [1.82, 2.24) is 15.3 Å². The predicted octanol–water partition coefficient (Wildman–Crippen LogP) is 3.58. The molecule has 2 aromatic heterocycles. The molecule has 2 N–H and O–H groups in total. The minimum atomic E-state index is 0.0715. The summed E-state index contributed by atoms with van der Waals surface area (Å²) in [4.78, 5) is 7.38. The van der Waals surface area contributed by atoms with E-state index in [9.17, 15) is 0 Å². The lowest BCUT2D eigenvalue weighted by Crippen LogP contribution is -2.22. The van der Waals surface area contributed by atoms with Crippen LogP contribution in [0.5, 0.6) is 5.75 Å². The van der Waals surface area contributed by atoms with Crippen LogP contribution in [0.4, 0.5) is 0 Å². The van der Waals surface area contributed by atoms with Crippen molar-refractivity contribution in [2.24, 2.45) is 0 Å². The fourth-order valence-corrected chi connectivity index (χ4v) is 2.48. The minimum absolute atomic E-state index is 0.0715. The quantitative estimate of drug-likeness (QED) is 0.752. The number of fused-ring (bicyclic) bond motifs is 1. The lowest BCUT2D eigenvalue weighted by atomic mass is 10.2. The van der Waals surface area contributed by atoms with Crippen molar-refractivity contribution in [3.05, 3.63) is 48.2 Å². The molecule has 0 aliphatic heterocycles. The molecule has 0 aliphatic rings. The summed E-state index contributed by atoms with van der Waals surface area (Å²) < 4.78 is 11.3. The van der Waals surface area contributed by atoms with Gasteiger partial charge in [0.15, 0.2) is 11.3 Å². The van der Waals surface area contributed by atoms with Gasteiger partial charge in [0.25, 0.3) is 0 Å². The van der Waals surface area contributed by atoms with Crippen LogP contribution in [-0.4, -0.2) is 17.1 Å². The standard InChI is InChI=1S/C16H19N3O2/c1-10(19-11(2)16-17-7-8-18-16)14-9-12-5-4-6-13(20-3)15(12)21-14/h4-11,19H,1-3H3,(H,17,18). The summed E-state index contributed by atoms with van der Waals surface area (Å²) in [5.41, 5.74) is 0.786. The predicted molar refractivity (Wildman–Crippen MR) is 81.3 cm³/mol. The molecule has 2 atom stereocenters. The summed E-state index contributed by atoms with van der Waals surface area (Å²) in [6.07, 6.45) is 3.58. The number of ether oxygens (including phenoxy) is 1. The maximum atomic E-state index is 5.95. The lowest BCUT2D eigenvalue weighted by molar-refractivity contribution is 0.389. The van der Waals surface area contributed by atoms with Gasteiger partial charge in [0.1, 0.15) is 11.6 Å². The van der Waals surface area contributed by atoms with Gasteiger partial charge in [-0.15, -0.1) is 0 Å². The fourth-order valence-electron chi connectivity index (χ4n) is 2.48. The Morgan fingerprint density at radius 2 is 2.14 bits per heavy atom. The highest BCUT2D eigenvalue weighted by atomic mass is 16.5. The lowest BCUT2D eigenvalue weighted by Gasteiger charge is -2.16. The monoisotopic (exact) mass is 285 g/mol. The van der Waals surface area contributed by atoms with Gasteiger partial charge in [-0.1, -0.05) is 12.1 Å². The number of nitrogens with one attached hydrogen (secondary N) is 2. The molecule has 0 amide bonds. The summed E-state index contributed by atoms with van der Waals surface area (Å²) in [5.74, 6) is 2.55. The third-order valence-electron chi connectivity index (χ3n) is 3.60. The maximum absolute atomic E-state index is 5.95. The molecule has 110 valence electrons. The number of aromatic amines is 1. The van der Waals surface area contributed by atoms with Crippen molar-refractivity contribution in [3.8, 4) is 5.75 Å². The number of nitrogens with zero attached hydrogens (tertiary/aromatic N) is 1. The van der Waals surface area contributed by atoms with Crippen molar-refractivity contribution >= 4 is 11.0 Å². The van der Waals surface area contributed by atoms with E-state index in [1.807, 2.05) is 30.5 Å². The second-order valence-electron chi connectivity index (χ2n) is 5.11. The smallest absolute Gasteiger partial charge is 0.176 e. The molecular weight excluding hydrogens is 266 g/mol. The van der Waals surface area contributed by atoms with E-state index < -0.39 is 0 Å². The number of rotatable bonds is 5. The number of methoxy groups -OCH3 is 1. The molecule has 3 rings (SSSR count). The van der Waals surface area contributed by atoms with E-state index in [4.69, 9.17) is 9.15 Å². The van der Waals surface area contributed by atoms with Crippen LogP contribution in [0.25, 0.3) is 11.0 Å². The van der Waals surface area contributed by atoms with E-state index >= 15 is 0 Å². The highest BCUT2D eigenvalue weighted by Crippen LogP contribution is 2.31. The van der Waals surface area contributed by atoms with Crippen LogP contribution in [0.1, 0.15) is 37.5 Å². The van der Waals surface area contributed by atoms with Gasteiger partial charge in [0.2, 0.25) is 0 Å². The largest absolute Gasteiger partial charge is 0.493 e. The van der Waals surface area contributed by atoms with Crippen LogP contribution in [0, 0.1) is 0 Å². The fraction of sp³-hybridized carbons (Fsp3) is 0.312. The van der Waals surface area contributed by atoms with Crippen LogP contribution in [0.3, 0.4) is 0 Å². The number of furan rings is 1. The Labute approximate surface area is 123 Å². The van der Waals surface area contributed by atoms with E-state index in [-0.39, 0.29) is 12.1 Å². The van der Waals surface area contributed by atoms with Gasteiger partial charge >= 0.3 is 0 Å². The Kier molecular flexibility index (Phi) is 3.66. The summed E-state index contributed by atoms with van der Waals surface area (Å²) in [5, 5.41) is 4.51. The molecule has 0 radical (unpaired) electrons. The third kappa shape index (κ3) is 2.64. The zero-order valence-electron chi connectivity index (χ0n) is 12.4. The third-order valence-corrected chi connectivity index (χ3v) is 3.60. The minimum Gasteiger partial charge on any atom is -0.493 e. The molecule has 21 heavy (non-hydrogen) atoms. The second-order valence-corrected chi connectivity index (χ2v) is 5.11. The molecule has 0 bridgehead atoms. The highest BCUT2D eigenvalue weighted by Gasteiger charge is 2.17. The zero-order chi connectivity index (χ0) is 14.8. The number of benzene rings is 1. The number of aromatic nitrogens is 2. The molecule has 3 aromatic rings. The Hall–Kier alpha value is -2.27. The molecule has 5 heteroatoms. The molecule has 0 saturated heterocycles. The normalized spacial score (nSPS) is 14.2. The van der Waals surface area contributed by atoms with Gasteiger partial charge in [0, 0.05) is 17.8 Å². The van der Waals surface area contributed by atoms with Crippen molar-refractivity contribution < 1.29 is 9.15 Å². The molecular formula is C16H19N3O2. The summed E-state index contributed by atoms with van der Waals surface area (Å²) >= 11 is 0. The van der Waals surface area contributed by atoms with Gasteiger partial charge in [-0.05, 0) is 26.0 Å². The first-order valence-corrected chi connectivity index (χ1v) is 7.01. The zero-order valence-corrected chi connectivity index (χ0v) is 12.4. The van der Waals surface area contributed by atoms with E-state index in [2.05, 4.69) is 29.1 Å². The van der Waals surface area contributed by atoms with E-state index in [0.717, 1.165) is 28.3 Å². The Balaban J connectivity index is 1.83. The summed E-state index contributed by atoms with van der Waals surface area (Å²) in [6.45, 7) is 4.14. The highest BCUT2D eigenvalue weighted by molar-refractivity contribution is 5.83. The first-order chi connectivity index (χ1) is 10.2. The Morgan fingerprint density at radius 3 is 2.86 bits per heavy atom.